The Hall–Kier alpha value is -1.83. The number of carbonyl (C=O) groups is 1. The van der Waals surface area contributed by atoms with Crippen molar-refractivity contribution >= 4 is 35.1 Å². The number of rotatable bonds is 5. The number of thioether (sulfide) groups is 1. The Balaban J connectivity index is 1.47. The number of aliphatic hydroxyl groups excluding tert-OH is 1. The van der Waals surface area contributed by atoms with Gasteiger partial charge < -0.3 is 14.9 Å². The van der Waals surface area contributed by atoms with Crippen molar-refractivity contribution in [2.24, 2.45) is 0 Å². The molecule has 1 fully saturated rings. The summed E-state index contributed by atoms with van der Waals surface area (Å²) in [6.07, 6.45) is 3.75. The van der Waals surface area contributed by atoms with E-state index >= 15 is 0 Å². The predicted octanol–water partition coefficient (Wildman–Crippen LogP) is 3.47. The van der Waals surface area contributed by atoms with E-state index < -0.39 is 6.10 Å². The molecule has 2 heterocycles. The van der Waals surface area contributed by atoms with Gasteiger partial charge in [-0.2, -0.15) is 11.8 Å². The summed E-state index contributed by atoms with van der Waals surface area (Å²) < 4.78 is 0. The van der Waals surface area contributed by atoms with E-state index in [0.29, 0.717) is 24.5 Å². The van der Waals surface area contributed by atoms with E-state index in [1.54, 1.807) is 18.1 Å². The van der Waals surface area contributed by atoms with E-state index in [0.717, 1.165) is 41.5 Å². The van der Waals surface area contributed by atoms with Gasteiger partial charge in [0, 0.05) is 42.5 Å². The van der Waals surface area contributed by atoms with Gasteiger partial charge in [-0.05, 0) is 36.3 Å². The van der Waals surface area contributed by atoms with Crippen molar-refractivity contribution in [2.75, 3.05) is 43.1 Å². The maximum absolute atomic E-state index is 13.3. The summed E-state index contributed by atoms with van der Waals surface area (Å²) in [6, 6.07) is 7.60. The number of hydrogen-bond acceptors (Lipinski definition) is 6. The molecule has 8 heteroatoms. The number of fused-ring (bicyclic) bond motifs is 1. The molecule has 3 atom stereocenters. The molecular formula is C22H27ClN4O2S. The number of carbonyl (C=O) groups excluding carboxylic acids is 1. The number of aliphatic hydroxyl groups is 1. The third-order valence-electron chi connectivity index (χ3n) is 6.07. The topological polar surface area (TPSA) is 69.6 Å². The van der Waals surface area contributed by atoms with Crippen molar-refractivity contribution in [3.63, 3.8) is 0 Å². The van der Waals surface area contributed by atoms with Gasteiger partial charge in [0.25, 0.3) is 0 Å². The van der Waals surface area contributed by atoms with Crippen molar-refractivity contribution in [1.29, 1.82) is 0 Å². The molecule has 0 spiro atoms. The minimum absolute atomic E-state index is 0.165. The van der Waals surface area contributed by atoms with Crippen LogP contribution < -0.4 is 4.90 Å². The molecule has 160 valence electrons. The second-order valence-electron chi connectivity index (χ2n) is 8.02. The zero-order valence-corrected chi connectivity index (χ0v) is 18.9. The maximum Gasteiger partial charge on any atom is 0.231 e. The fourth-order valence-electron chi connectivity index (χ4n) is 4.49. The third kappa shape index (κ3) is 4.15. The summed E-state index contributed by atoms with van der Waals surface area (Å²) in [5.41, 5.74) is 2.83. The van der Waals surface area contributed by atoms with Gasteiger partial charge in [0.05, 0.1) is 17.7 Å². The third-order valence-corrected chi connectivity index (χ3v) is 6.99. The number of hydrogen-bond donors (Lipinski definition) is 1. The molecule has 1 aromatic heterocycles. The van der Waals surface area contributed by atoms with Gasteiger partial charge in [-0.15, -0.1) is 0 Å². The van der Waals surface area contributed by atoms with Gasteiger partial charge in [-0.3, -0.25) is 4.79 Å². The number of nitrogens with zero attached hydrogens (tertiary/aromatic N) is 4. The molecule has 0 saturated carbocycles. The number of benzene rings is 1. The molecule has 30 heavy (non-hydrogen) atoms. The van der Waals surface area contributed by atoms with Crippen LogP contribution >= 0.6 is 23.4 Å². The summed E-state index contributed by atoms with van der Waals surface area (Å²) in [5.74, 6) is 1.90. The molecule has 1 aliphatic carbocycles. The van der Waals surface area contributed by atoms with Crippen molar-refractivity contribution in [1.82, 2.24) is 14.9 Å². The first-order chi connectivity index (χ1) is 14.5. The van der Waals surface area contributed by atoms with Crippen LogP contribution in [0.15, 0.2) is 30.6 Å². The van der Waals surface area contributed by atoms with Gasteiger partial charge in [0.15, 0.2) is 0 Å². The van der Waals surface area contributed by atoms with Crippen LogP contribution in [-0.4, -0.2) is 64.1 Å². The highest BCUT2D eigenvalue weighted by atomic mass is 35.5. The smallest absolute Gasteiger partial charge is 0.231 e. The fraction of sp³-hybridized carbons (Fsp3) is 0.500. The van der Waals surface area contributed by atoms with Crippen LogP contribution in [-0.2, 0) is 4.79 Å². The van der Waals surface area contributed by atoms with Crippen molar-refractivity contribution in [2.45, 2.75) is 31.3 Å². The van der Waals surface area contributed by atoms with Gasteiger partial charge >= 0.3 is 0 Å². The standard InChI is InChI=1S/C22H27ClN4O2S/c1-14-11-18(28)20-19(14)21(25-13-24-20)26-7-9-27(10-8-26)22(29)17(12-30-2)15-3-5-16(23)6-4-15/h3-6,13-14,17-18,28H,7-12H2,1-2H3/t14-,17-,18-/m1/s1. The highest BCUT2D eigenvalue weighted by Crippen LogP contribution is 2.42. The first-order valence-corrected chi connectivity index (χ1v) is 12.1. The van der Waals surface area contributed by atoms with Crippen LogP contribution in [0.25, 0.3) is 0 Å². The number of piperazine rings is 1. The second-order valence-corrected chi connectivity index (χ2v) is 9.37. The Kier molecular flexibility index (Phi) is 6.51. The predicted molar refractivity (Wildman–Crippen MR) is 121 cm³/mol. The first kappa shape index (κ1) is 21.4. The normalized spacial score (nSPS) is 22.1. The van der Waals surface area contributed by atoms with Crippen LogP contribution in [0.5, 0.6) is 0 Å². The summed E-state index contributed by atoms with van der Waals surface area (Å²) in [4.78, 5) is 26.3. The average Bonchev–Trinajstić information content (AvgIpc) is 3.06. The number of amides is 1. The van der Waals surface area contributed by atoms with Crippen LogP contribution in [0.2, 0.25) is 5.02 Å². The Morgan fingerprint density at radius 2 is 1.93 bits per heavy atom. The van der Waals surface area contributed by atoms with E-state index in [9.17, 15) is 9.90 Å². The summed E-state index contributed by atoms with van der Waals surface area (Å²) in [6.45, 7) is 4.88. The minimum atomic E-state index is -0.508. The molecule has 0 radical (unpaired) electrons. The van der Waals surface area contributed by atoms with Crippen molar-refractivity contribution in [3.05, 3.63) is 52.4 Å². The Bertz CT molecular complexity index is 903. The lowest BCUT2D eigenvalue weighted by atomic mass is 9.99. The summed E-state index contributed by atoms with van der Waals surface area (Å²) >= 11 is 7.70. The van der Waals surface area contributed by atoms with Crippen LogP contribution in [0.1, 0.15) is 48.1 Å². The SMILES string of the molecule is CSC[C@@H](C(=O)N1CCN(c2ncnc3c2[C@H](C)C[C@H]3O)CC1)c1ccc(Cl)cc1. The average molecular weight is 447 g/mol. The van der Waals surface area contributed by atoms with E-state index in [1.165, 1.54) is 0 Å². The van der Waals surface area contributed by atoms with Crippen LogP contribution in [0.3, 0.4) is 0 Å². The lowest BCUT2D eigenvalue weighted by Gasteiger charge is -2.38. The van der Waals surface area contributed by atoms with Crippen molar-refractivity contribution in [3.8, 4) is 0 Å². The maximum atomic E-state index is 13.3. The molecule has 1 aromatic carbocycles. The van der Waals surface area contributed by atoms with Gasteiger partial charge in [0.2, 0.25) is 5.91 Å². The molecule has 1 saturated heterocycles. The summed E-state index contributed by atoms with van der Waals surface area (Å²) in [7, 11) is 0. The fourth-order valence-corrected chi connectivity index (χ4v) is 5.28. The Morgan fingerprint density at radius 1 is 1.23 bits per heavy atom. The van der Waals surface area contributed by atoms with Gasteiger partial charge in [0.1, 0.15) is 12.1 Å². The van der Waals surface area contributed by atoms with Crippen molar-refractivity contribution < 1.29 is 9.90 Å². The Labute approximate surface area is 186 Å². The number of anilines is 1. The van der Waals surface area contributed by atoms with E-state index in [1.807, 2.05) is 35.4 Å². The molecule has 6 nitrogen and oxygen atoms in total. The molecule has 4 rings (SSSR count). The molecule has 0 bridgehead atoms. The quantitative estimate of drug-likeness (QED) is 0.758. The lowest BCUT2D eigenvalue weighted by Crippen LogP contribution is -2.50. The van der Waals surface area contributed by atoms with Gasteiger partial charge in [-0.1, -0.05) is 30.7 Å². The molecule has 1 N–H and O–H groups in total. The second kappa shape index (κ2) is 9.12. The summed E-state index contributed by atoms with van der Waals surface area (Å²) in [5, 5.41) is 10.9. The Morgan fingerprint density at radius 3 is 2.60 bits per heavy atom. The molecule has 0 unspecified atom stereocenters. The molecular weight excluding hydrogens is 420 g/mol. The van der Waals surface area contributed by atoms with Gasteiger partial charge in [-0.25, -0.2) is 9.97 Å². The highest BCUT2D eigenvalue weighted by Gasteiger charge is 2.34. The number of halogens is 1. The zero-order chi connectivity index (χ0) is 21.3. The zero-order valence-electron chi connectivity index (χ0n) is 17.3. The molecule has 2 aliphatic rings. The monoisotopic (exact) mass is 446 g/mol. The highest BCUT2D eigenvalue weighted by molar-refractivity contribution is 7.98. The van der Waals surface area contributed by atoms with E-state index in [2.05, 4.69) is 21.8 Å². The molecule has 1 aliphatic heterocycles. The van der Waals surface area contributed by atoms with Crippen LogP contribution in [0, 0.1) is 0 Å². The van der Waals surface area contributed by atoms with E-state index in [-0.39, 0.29) is 17.7 Å². The minimum Gasteiger partial charge on any atom is -0.387 e. The van der Waals surface area contributed by atoms with E-state index in [4.69, 9.17) is 11.6 Å². The van der Waals surface area contributed by atoms with Crippen LogP contribution in [0.4, 0.5) is 5.82 Å². The number of aromatic nitrogens is 2. The molecule has 2 aromatic rings. The largest absolute Gasteiger partial charge is 0.387 e. The molecule has 1 amide bonds. The first-order valence-electron chi connectivity index (χ1n) is 10.3. The lowest BCUT2D eigenvalue weighted by molar-refractivity contribution is -0.132.